The number of halogens is 3. The van der Waals surface area contributed by atoms with Crippen molar-refractivity contribution < 1.29 is 22.7 Å². The van der Waals surface area contributed by atoms with Crippen LogP contribution < -0.4 is 0 Å². The Labute approximate surface area is 131 Å². The van der Waals surface area contributed by atoms with Gasteiger partial charge in [0.2, 0.25) is 5.76 Å². The largest absolute Gasteiger partial charge is 0.452 e. The zero-order chi connectivity index (χ0) is 15.7. The van der Waals surface area contributed by atoms with Gasteiger partial charge in [0.05, 0.1) is 11.0 Å². The van der Waals surface area contributed by atoms with Crippen LogP contribution in [0.4, 0.5) is 8.78 Å². The van der Waals surface area contributed by atoms with Crippen molar-refractivity contribution >= 4 is 32.9 Å². The molecule has 8 heteroatoms. The Kier molecular flexibility index (Phi) is 3.93. The number of furan rings is 1. The Balaban J connectivity index is 1.84. The molecule has 0 aliphatic carbocycles. The van der Waals surface area contributed by atoms with Gasteiger partial charge in [0, 0.05) is 0 Å². The summed E-state index contributed by atoms with van der Waals surface area (Å²) in [5, 5.41) is 0. The SMILES string of the molecule is O=C(OCc1nc2ccccc2n1C(F)F)c1ccc(Br)o1. The number of carbonyl (C=O) groups excluding carboxylic acids is 1. The van der Waals surface area contributed by atoms with E-state index in [1.54, 1.807) is 18.2 Å². The van der Waals surface area contributed by atoms with Gasteiger partial charge in [-0.1, -0.05) is 12.1 Å². The molecule has 0 aliphatic heterocycles. The van der Waals surface area contributed by atoms with E-state index >= 15 is 0 Å². The number of esters is 1. The van der Waals surface area contributed by atoms with Gasteiger partial charge in [0.25, 0.3) is 0 Å². The Morgan fingerprint density at radius 3 is 2.77 bits per heavy atom. The molecule has 0 spiro atoms. The van der Waals surface area contributed by atoms with Crippen molar-refractivity contribution in [3.63, 3.8) is 0 Å². The number of hydrogen-bond donors (Lipinski definition) is 0. The van der Waals surface area contributed by atoms with Crippen molar-refractivity contribution in [2.45, 2.75) is 13.2 Å². The van der Waals surface area contributed by atoms with Gasteiger partial charge < -0.3 is 9.15 Å². The summed E-state index contributed by atoms with van der Waals surface area (Å²) in [7, 11) is 0. The van der Waals surface area contributed by atoms with Crippen LogP contribution in [0.3, 0.4) is 0 Å². The van der Waals surface area contributed by atoms with E-state index in [1.807, 2.05) is 0 Å². The smallest absolute Gasteiger partial charge is 0.374 e. The number of ether oxygens (including phenoxy) is 1. The first kappa shape index (κ1) is 14.7. The zero-order valence-electron chi connectivity index (χ0n) is 11.0. The third kappa shape index (κ3) is 2.74. The monoisotopic (exact) mass is 370 g/mol. The molecule has 0 atom stereocenters. The second-order valence-electron chi connectivity index (χ2n) is 4.34. The molecule has 0 radical (unpaired) electrons. The van der Waals surface area contributed by atoms with Crippen LogP contribution in [0.2, 0.25) is 0 Å². The molecule has 2 aromatic heterocycles. The molecule has 5 nitrogen and oxygen atoms in total. The number of para-hydroxylation sites is 2. The highest BCUT2D eigenvalue weighted by molar-refractivity contribution is 9.10. The lowest BCUT2D eigenvalue weighted by Crippen LogP contribution is -2.10. The first-order valence-corrected chi connectivity index (χ1v) is 7.02. The molecule has 114 valence electrons. The fourth-order valence-corrected chi connectivity index (χ4v) is 2.35. The van der Waals surface area contributed by atoms with Gasteiger partial charge in [0.15, 0.2) is 10.5 Å². The molecular formula is C14H9BrF2N2O3. The maximum absolute atomic E-state index is 13.2. The minimum Gasteiger partial charge on any atom is -0.452 e. The molecule has 0 saturated heterocycles. The molecule has 0 N–H and O–H groups in total. The molecule has 2 heterocycles. The fourth-order valence-electron chi connectivity index (χ4n) is 2.04. The lowest BCUT2D eigenvalue weighted by atomic mass is 10.3. The normalized spacial score (nSPS) is 11.3. The van der Waals surface area contributed by atoms with Crippen LogP contribution >= 0.6 is 15.9 Å². The highest BCUT2D eigenvalue weighted by Crippen LogP contribution is 2.24. The predicted octanol–water partition coefficient (Wildman–Crippen LogP) is 4.14. The minimum atomic E-state index is -2.78. The summed E-state index contributed by atoms with van der Waals surface area (Å²) < 4.78 is 37.5. The van der Waals surface area contributed by atoms with Crippen molar-refractivity contribution in [1.82, 2.24) is 9.55 Å². The molecule has 1 aromatic carbocycles. The molecule has 0 amide bonds. The molecular weight excluding hydrogens is 362 g/mol. The van der Waals surface area contributed by atoms with E-state index in [0.717, 1.165) is 4.57 Å². The van der Waals surface area contributed by atoms with Crippen LogP contribution in [0.15, 0.2) is 45.5 Å². The molecule has 0 saturated carbocycles. The van der Waals surface area contributed by atoms with Gasteiger partial charge in [-0.15, -0.1) is 0 Å². The quantitative estimate of drug-likeness (QED) is 0.647. The number of rotatable bonds is 4. The topological polar surface area (TPSA) is 57.3 Å². The third-order valence-corrected chi connectivity index (χ3v) is 3.40. The minimum absolute atomic E-state index is 0.0217. The zero-order valence-corrected chi connectivity index (χ0v) is 12.6. The highest BCUT2D eigenvalue weighted by atomic mass is 79.9. The summed E-state index contributed by atoms with van der Waals surface area (Å²) >= 11 is 3.06. The number of imidazole rings is 1. The Bertz CT molecular complexity index is 828. The lowest BCUT2D eigenvalue weighted by molar-refractivity contribution is 0.0357. The van der Waals surface area contributed by atoms with E-state index in [9.17, 15) is 13.6 Å². The first-order valence-electron chi connectivity index (χ1n) is 6.22. The van der Waals surface area contributed by atoms with Gasteiger partial charge in [0.1, 0.15) is 6.61 Å². The number of nitrogens with zero attached hydrogens (tertiary/aromatic N) is 2. The van der Waals surface area contributed by atoms with E-state index < -0.39 is 12.5 Å². The number of alkyl halides is 2. The van der Waals surface area contributed by atoms with Gasteiger partial charge in [-0.25, -0.2) is 9.78 Å². The van der Waals surface area contributed by atoms with Gasteiger partial charge in [-0.3, -0.25) is 4.57 Å². The summed E-state index contributed by atoms with van der Waals surface area (Å²) in [5.74, 6) is -0.805. The predicted molar refractivity (Wildman–Crippen MR) is 76.5 cm³/mol. The van der Waals surface area contributed by atoms with E-state index in [2.05, 4.69) is 20.9 Å². The van der Waals surface area contributed by atoms with Crippen LogP contribution in [-0.4, -0.2) is 15.5 Å². The number of hydrogen-bond acceptors (Lipinski definition) is 4. The van der Waals surface area contributed by atoms with E-state index in [-0.39, 0.29) is 23.7 Å². The maximum Gasteiger partial charge on any atom is 0.374 e. The molecule has 22 heavy (non-hydrogen) atoms. The lowest BCUT2D eigenvalue weighted by Gasteiger charge is -2.07. The van der Waals surface area contributed by atoms with Gasteiger partial charge in [-0.2, -0.15) is 8.78 Å². The van der Waals surface area contributed by atoms with Gasteiger partial charge >= 0.3 is 12.5 Å². The first-order chi connectivity index (χ1) is 10.6. The number of fused-ring (bicyclic) bond motifs is 1. The molecule has 0 bridgehead atoms. The standard InChI is InChI=1S/C14H9BrF2N2O3/c15-11-6-5-10(22-11)13(20)21-7-12-18-8-3-1-2-4-9(8)19(12)14(16)17/h1-6,14H,7H2. The van der Waals surface area contributed by atoms with Crippen LogP contribution in [0.5, 0.6) is 0 Å². The number of carbonyl (C=O) groups is 1. The molecule has 0 aliphatic rings. The van der Waals surface area contributed by atoms with E-state index in [1.165, 1.54) is 18.2 Å². The highest BCUT2D eigenvalue weighted by Gasteiger charge is 2.19. The Hall–Kier alpha value is -2.22. The molecule has 0 fully saturated rings. The second-order valence-corrected chi connectivity index (χ2v) is 5.13. The van der Waals surface area contributed by atoms with Crippen LogP contribution in [0.1, 0.15) is 22.9 Å². The van der Waals surface area contributed by atoms with Crippen LogP contribution in [0.25, 0.3) is 11.0 Å². The second kappa shape index (κ2) is 5.88. The summed E-state index contributed by atoms with van der Waals surface area (Å²) in [6.45, 7) is -3.16. The van der Waals surface area contributed by atoms with Gasteiger partial charge in [-0.05, 0) is 40.2 Å². The van der Waals surface area contributed by atoms with Crippen molar-refractivity contribution in [2.24, 2.45) is 0 Å². The van der Waals surface area contributed by atoms with Crippen molar-refractivity contribution in [3.8, 4) is 0 Å². The fraction of sp³-hybridized carbons (Fsp3) is 0.143. The summed E-state index contributed by atoms with van der Waals surface area (Å²) in [5.41, 5.74) is 0.693. The molecule has 0 unspecified atom stereocenters. The molecule has 3 aromatic rings. The average Bonchev–Trinajstić information content (AvgIpc) is 3.07. The number of benzene rings is 1. The van der Waals surface area contributed by atoms with Crippen molar-refractivity contribution in [3.05, 3.63) is 52.7 Å². The molecule has 3 rings (SSSR count). The number of aromatic nitrogens is 2. The summed E-state index contributed by atoms with van der Waals surface area (Å²) in [4.78, 5) is 15.8. The van der Waals surface area contributed by atoms with Crippen LogP contribution in [0, 0.1) is 0 Å². The average molecular weight is 371 g/mol. The Morgan fingerprint density at radius 2 is 2.09 bits per heavy atom. The van der Waals surface area contributed by atoms with E-state index in [0.29, 0.717) is 10.2 Å². The summed E-state index contributed by atoms with van der Waals surface area (Å²) in [6.07, 6.45) is 0. The summed E-state index contributed by atoms with van der Waals surface area (Å²) in [6, 6.07) is 9.43. The van der Waals surface area contributed by atoms with E-state index in [4.69, 9.17) is 9.15 Å². The van der Waals surface area contributed by atoms with Crippen molar-refractivity contribution in [1.29, 1.82) is 0 Å². The van der Waals surface area contributed by atoms with Crippen molar-refractivity contribution in [2.75, 3.05) is 0 Å². The maximum atomic E-state index is 13.2. The van der Waals surface area contributed by atoms with Crippen LogP contribution in [-0.2, 0) is 11.3 Å². The third-order valence-electron chi connectivity index (χ3n) is 2.97. The Morgan fingerprint density at radius 1 is 1.32 bits per heavy atom.